The maximum atomic E-state index is 3.48. The minimum absolute atomic E-state index is 0.610. The zero-order valence-corrected chi connectivity index (χ0v) is 10.9. The summed E-state index contributed by atoms with van der Waals surface area (Å²) in [5, 5.41) is 3.48. The van der Waals surface area contributed by atoms with Gasteiger partial charge in [-0.15, -0.1) is 0 Å². The molecular formula is C10H21IN2. The molecule has 0 aliphatic carbocycles. The highest BCUT2D eigenvalue weighted by Crippen LogP contribution is 2.33. The third-order valence-electron chi connectivity index (χ3n) is 3.31. The Morgan fingerprint density at radius 2 is 2.23 bits per heavy atom. The lowest BCUT2D eigenvalue weighted by Crippen LogP contribution is -2.27. The van der Waals surface area contributed by atoms with Crippen LogP contribution in [0, 0.1) is 5.41 Å². The average molecular weight is 296 g/mol. The fraction of sp³-hybridized carbons (Fsp3) is 1.00. The third-order valence-corrected chi connectivity index (χ3v) is 4.47. The number of nitrogens with one attached hydrogen (secondary N) is 1. The average Bonchev–Trinajstić information content (AvgIpc) is 2.63. The Hall–Kier alpha value is 0.650. The van der Waals surface area contributed by atoms with Gasteiger partial charge in [0.1, 0.15) is 0 Å². The maximum absolute atomic E-state index is 3.48. The lowest BCUT2D eigenvalue weighted by molar-refractivity contribution is 0.264. The minimum Gasteiger partial charge on any atom is -0.316 e. The third kappa shape index (κ3) is 3.36. The van der Waals surface area contributed by atoms with Crippen LogP contribution in [-0.2, 0) is 0 Å². The van der Waals surface area contributed by atoms with Gasteiger partial charge >= 0.3 is 0 Å². The van der Waals surface area contributed by atoms with E-state index < -0.39 is 0 Å². The SMILES string of the molecule is CCN(I)CCC1(CC)CCNC1. The molecule has 2 nitrogen and oxygen atoms in total. The largest absolute Gasteiger partial charge is 0.316 e. The second-order valence-electron chi connectivity index (χ2n) is 4.03. The first-order valence-corrected chi connectivity index (χ1v) is 6.30. The molecule has 1 aliphatic rings. The van der Waals surface area contributed by atoms with Crippen molar-refractivity contribution >= 4 is 22.9 Å². The van der Waals surface area contributed by atoms with Crippen LogP contribution in [0.25, 0.3) is 0 Å². The molecule has 1 atom stereocenters. The van der Waals surface area contributed by atoms with E-state index in [0.29, 0.717) is 5.41 Å². The standard InChI is InChI=1S/C10H21IN2/c1-3-10(5-7-12-9-10)6-8-13(11)4-2/h12H,3-9H2,1-2H3. The van der Waals surface area contributed by atoms with Gasteiger partial charge in [0, 0.05) is 42.5 Å². The second-order valence-corrected chi connectivity index (χ2v) is 5.40. The molecular weight excluding hydrogens is 275 g/mol. The highest BCUT2D eigenvalue weighted by molar-refractivity contribution is 14.1. The molecule has 0 spiro atoms. The van der Waals surface area contributed by atoms with Crippen molar-refractivity contribution < 1.29 is 0 Å². The van der Waals surface area contributed by atoms with Gasteiger partial charge in [-0.25, -0.2) is 3.11 Å². The van der Waals surface area contributed by atoms with Crippen molar-refractivity contribution in [3.05, 3.63) is 0 Å². The fourth-order valence-electron chi connectivity index (χ4n) is 2.00. The predicted molar refractivity (Wildman–Crippen MR) is 66.1 cm³/mol. The maximum Gasteiger partial charge on any atom is 0.0201 e. The summed E-state index contributed by atoms with van der Waals surface area (Å²) in [4.78, 5) is 0. The summed E-state index contributed by atoms with van der Waals surface area (Å²) in [5.41, 5.74) is 0.610. The molecule has 1 saturated heterocycles. The highest BCUT2D eigenvalue weighted by atomic mass is 127. The molecule has 13 heavy (non-hydrogen) atoms. The number of halogens is 1. The van der Waals surface area contributed by atoms with E-state index in [-0.39, 0.29) is 0 Å². The molecule has 0 aromatic rings. The monoisotopic (exact) mass is 296 g/mol. The van der Waals surface area contributed by atoms with Crippen LogP contribution in [0.5, 0.6) is 0 Å². The van der Waals surface area contributed by atoms with Gasteiger partial charge in [-0.05, 0) is 31.2 Å². The van der Waals surface area contributed by atoms with E-state index >= 15 is 0 Å². The van der Waals surface area contributed by atoms with Crippen molar-refractivity contribution in [1.29, 1.82) is 0 Å². The first-order chi connectivity index (χ1) is 6.22. The van der Waals surface area contributed by atoms with Crippen LogP contribution >= 0.6 is 22.9 Å². The molecule has 0 aromatic heterocycles. The van der Waals surface area contributed by atoms with Gasteiger partial charge in [-0.1, -0.05) is 13.8 Å². The van der Waals surface area contributed by atoms with E-state index in [1.165, 1.54) is 38.9 Å². The smallest absolute Gasteiger partial charge is 0.0201 e. The van der Waals surface area contributed by atoms with E-state index in [0.717, 1.165) is 6.54 Å². The molecule has 0 amide bonds. The molecule has 1 N–H and O–H groups in total. The summed E-state index contributed by atoms with van der Waals surface area (Å²) in [6.45, 7) is 9.41. The number of rotatable bonds is 5. The zero-order valence-electron chi connectivity index (χ0n) is 8.77. The molecule has 1 aliphatic heterocycles. The molecule has 3 heteroatoms. The van der Waals surface area contributed by atoms with Gasteiger partial charge in [-0.2, -0.15) is 0 Å². The molecule has 0 bridgehead atoms. The van der Waals surface area contributed by atoms with E-state index in [4.69, 9.17) is 0 Å². The van der Waals surface area contributed by atoms with Gasteiger partial charge in [0.2, 0.25) is 0 Å². The van der Waals surface area contributed by atoms with Crippen LogP contribution in [0.2, 0.25) is 0 Å². The second kappa shape index (κ2) is 5.51. The molecule has 1 rings (SSSR count). The minimum atomic E-state index is 0.610. The molecule has 0 radical (unpaired) electrons. The quantitative estimate of drug-likeness (QED) is 0.619. The Morgan fingerprint density at radius 3 is 2.69 bits per heavy atom. The summed E-state index contributed by atoms with van der Waals surface area (Å²) in [5.74, 6) is 0. The molecule has 1 heterocycles. The van der Waals surface area contributed by atoms with E-state index in [2.05, 4.69) is 45.1 Å². The normalized spacial score (nSPS) is 28.6. The van der Waals surface area contributed by atoms with Crippen molar-refractivity contribution in [2.24, 2.45) is 5.41 Å². The molecule has 1 unspecified atom stereocenters. The fourth-order valence-corrected chi connectivity index (χ4v) is 2.25. The van der Waals surface area contributed by atoms with Crippen molar-refractivity contribution in [3.8, 4) is 0 Å². The van der Waals surface area contributed by atoms with E-state index in [9.17, 15) is 0 Å². The Labute approximate surface area is 95.9 Å². The Morgan fingerprint density at radius 1 is 1.46 bits per heavy atom. The molecule has 78 valence electrons. The predicted octanol–water partition coefficient (Wildman–Crippen LogP) is 2.44. The lowest BCUT2D eigenvalue weighted by Gasteiger charge is -2.28. The summed E-state index contributed by atoms with van der Waals surface area (Å²) in [6.07, 6.45) is 4.05. The van der Waals surface area contributed by atoms with Crippen molar-refractivity contribution in [2.45, 2.75) is 33.1 Å². The van der Waals surface area contributed by atoms with Crippen LogP contribution in [-0.4, -0.2) is 29.3 Å². The first kappa shape index (κ1) is 11.7. The van der Waals surface area contributed by atoms with Crippen molar-refractivity contribution in [2.75, 3.05) is 26.2 Å². The van der Waals surface area contributed by atoms with Crippen LogP contribution in [0.15, 0.2) is 0 Å². The van der Waals surface area contributed by atoms with Gasteiger partial charge < -0.3 is 5.32 Å². The summed E-state index contributed by atoms with van der Waals surface area (Å²) in [7, 11) is 0. The first-order valence-electron chi connectivity index (χ1n) is 5.34. The van der Waals surface area contributed by atoms with Crippen LogP contribution in [0.4, 0.5) is 0 Å². The van der Waals surface area contributed by atoms with Gasteiger partial charge in [-0.3, -0.25) is 0 Å². The van der Waals surface area contributed by atoms with Crippen LogP contribution in [0.1, 0.15) is 33.1 Å². The van der Waals surface area contributed by atoms with Gasteiger partial charge in [0.15, 0.2) is 0 Å². The van der Waals surface area contributed by atoms with Crippen molar-refractivity contribution in [1.82, 2.24) is 8.43 Å². The van der Waals surface area contributed by atoms with E-state index in [1.54, 1.807) is 0 Å². The molecule has 0 saturated carbocycles. The molecule has 0 aromatic carbocycles. The number of nitrogens with zero attached hydrogens (tertiary/aromatic N) is 1. The van der Waals surface area contributed by atoms with Crippen LogP contribution in [0.3, 0.4) is 0 Å². The Bertz CT molecular complexity index is 144. The van der Waals surface area contributed by atoms with Gasteiger partial charge in [0.25, 0.3) is 0 Å². The van der Waals surface area contributed by atoms with Gasteiger partial charge in [0.05, 0.1) is 0 Å². The molecule has 1 fully saturated rings. The lowest BCUT2D eigenvalue weighted by atomic mass is 9.81. The van der Waals surface area contributed by atoms with Crippen LogP contribution < -0.4 is 5.32 Å². The highest BCUT2D eigenvalue weighted by Gasteiger charge is 2.31. The van der Waals surface area contributed by atoms with E-state index in [1.807, 2.05) is 0 Å². The summed E-state index contributed by atoms with van der Waals surface area (Å²) >= 11 is 2.43. The number of hydrogen-bond donors (Lipinski definition) is 1. The Balaban J connectivity index is 2.31. The number of hydrogen-bond acceptors (Lipinski definition) is 2. The summed E-state index contributed by atoms with van der Waals surface area (Å²) < 4.78 is 2.38. The topological polar surface area (TPSA) is 15.3 Å². The Kier molecular flexibility index (Phi) is 4.97. The zero-order chi connectivity index (χ0) is 9.73. The summed E-state index contributed by atoms with van der Waals surface area (Å²) in [6, 6.07) is 0. The van der Waals surface area contributed by atoms with Crippen molar-refractivity contribution in [3.63, 3.8) is 0 Å².